The van der Waals surface area contributed by atoms with Crippen molar-refractivity contribution >= 4 is 0 Å². The Morgan fingerprint density at radius 1 is 0.900 bits per heavy atom. The van der Waals surface area contributed by atoms with Crippen molar-refractivity contribution in [3.8, 4) is 22.3 Å². The molecule has 3 rings (SSSR count). The summed E-state index contributed by atoms with van der Waals surface area (Å²) in [5.74, 6) is -0.492. The lowest BCUT2D eigenvalue weighted by Gasteiger charge is -2.08. The third kappa shape index (κ3) is 2.28. The summed E-state index contributed by atoms with van der Waals surface area (Å²) in [6.07, 6.45) is 6.64. The molecule has 0 fully saturated rings. The minimum absolute atomic E-state index is 0.456. The fraction of sp³-hybridized carbons (Fsp3) is 0.0625. The van der Waals surface area contributed by atoms with E-state index in [1.807, 2.05) is 25.1 Å². The van der Waals surface area contributed by atoms with Gasteiger partial charge in [0.05, 0.1) is 0 Å². The van der Waals surface area contributed by atoms with E-state index in [0.29, 0.717) is 5.56 Å². The maximum atomic E-state index is 14.0. The molecular weight excluding hydrogens is 253 g/mol. The zero-order chi connectivity index (χ0) is 13.9. The predicted octanol–water partition coefficient (Wildman–Crippen LogP) is 3.65. The molecule has 0 aliphatic carbocycles. The Bertz CT molecular complexity index is 742. The van der Waals surface area contributed by atoms with Crippen LogP contribution in [0.3, 0.4) is 0 Å². The SMILES string of the molecule is Cc1ncccc1-c1cc(-c2cccnc2)cnc1F. The lowest BCUT2D eigenvalue weighted by atomic mass is 10.0. The maximum absolute atomic E-state index is 14.0. The first kappa shape index (κ1) is 12.4. The predicted molar refractivity (Wildman–Crippen MR) is 75.4 cm³/mol. The molecule has 0 aliphatic heterocycles. The summed E-state index contributed by atoms with van der Waals surface area (Å²) in [7, 11) is 0. The Balaban J connectivity index is 2.15. The molecule has 3 heterocycles. The van der Waals surface area contributed by atoms with E-state index in [-0.39, 0.29) is 0 Å². The van der Waals surface area contributed by atoms with E-state index in [2.05, 4.69) is 15.0 Å². The Morgan fingerprint density at radius 2 is 1.75 bits per heavy atom. The minimum atomic E-state index is -0.492. The van der Waals surface area contributed by atoms with Gasteiger partial charge in [-0.05, 0) is 25.1 Å². The molecule has 0 N–H and O–H groups in total. The molecule has 98 valence electrons. The van der Waals surface area contributed by atoms with Crippen LogP contribution >= 0.6 is 0 Å². The van der Waals surface area contributed by atoms with Gasteiger partial charge in [-0.3, -0.25) is 9.97 Å². The summed E-state index contributed by atoms with van der Waals surface area (Å²) >= 11 is 0. The molecule has 3 aromatic heterocycles. The topological polar surface area (TPSA) is 38.7 Å². The molecule has 3 aromatic rings. The van der Waals surface area contributed by atoms with Gasteiger partial charge in [0.15, 0.2) is 0 Å². The molecule has 0 unspecified atom stereocenters. The monoisotopic (exact) mass is 265 g/mol. The summed E-state index contributed by atoms with van der Waals surface area (Å²) in [6.45, 7) is 1.85. The molecule has 0 amide bonds. The average molecular weight is 265 g/mol. The van der Waals surface area contributed by atoms with Crippen molar-refractivity contribution in [1.82, 2.24) is 15.0 Å². The highest BCUT2D eigenvalue weighted by Crippen LogP contribution is 2.28. The van der Waals surface area contributed by atoms with Crippen molar-refractivity contribution in [2.75, 3.05) is 0 Å². The highest BCUT2D eigenvalue weighted by Gasteiger charge is 2.11. The zero-order valence-corrected chi connectivity index (χ0v) is 10.9. The zero-order valence-electron chi connectivity index (χ0n) is 10.9. The number of hydrogen-bond donors (Lipinski definition) is 0. The van der Waals surface area contributed by atoms with E-state index < -0.39 is 5.95 Å². The van der Waals surface area contributed by atoms with Gasteiger partial charge in [0.2, 0.25) is 5.95 Å². The van der Waals surface area contributed by atoms with Crippen molar-refractivity contribution in [1.29, 1.82) is 0 Å². The lowest BCUT2D eigenvalue weighted by molar-refractivity contribution is 0.587. The fourth-order valence-corrected chi connectivity index (χ4v) is 2.10. The van der Waals surface area contributed by atoms with Crippen molar-refractivity contribution in [3.63, 3.8) is 0 Å². The van der Waals surface area contributed by atoms with E-state index in [0.717, 1.165) is 22.4 Å². The molecule has 0 radical (unpaired) electrons. The van der Waals surface area contributed by atoms with Crippen LogP contribution in [0.2, 0.25) is 0 Å². The maximum Gasteiger partial charge on any atom is 0.220 e. The molecule has 0 atom stereocenters. The van der Waals surface area contributed by atoms with E-state index in [9.17, 15) is 4.39 Å². The van der Waals surface area contributed by atoms with Crippen LogP contribution in [0.5, 0.6) is 0 Å². The molecule has 0 bridgehead atoms. The molecule has 0 aliphatic rings. The highest BCUT2D eigenvalue weighted by atomic mass is 19.1. The van der Waals surface area contributed by atoms with Gasteiger partial charge in [0, 0.05) is 52.7 Å². The molecule has 20 heavy (non-hydrogen) atoms. The lowest BCUT2D eigenvalue weighted by Crippen LogP contribution is -1.94. The number of halogens is 1. The number of pyridine rings is 3. The summed E-state index contributed by atoms with van der Waals surface area (Å²) < 4.78 is 14.0. The van der Waals surface area contributed by atoms with Crippen LogP contribution < -0.4 is 0 Å². The van der Waals surface area contributed by atoms with Crippen molar-refractivity contribution in [2.45, 2.75) is 6.92 Å². The van der Waals surface area contributed by atoms with E-state index in [1.54, 1.807) is 30.7 Å². The first-order chi connectivity index (χ1) is 9.75. The number of nitrogens with zero attached hydrogens (tertiary/aromatic N) is 3. The first-order valence-electron chi connectivity index (χ1n) is 6.23. The van der Waals surface area contributed by atoms with E-state index in [1.165, 1.54) is 6.20 Å². The van der Waals surface area contributed by atoms with Crippen molar-refractivity contribution in [2.24, 2.45) is 0 Å². The van der Waals surface area contributed by atoms with Gasteiger partial charge in [-0.2, -0.15) is 4.39 Å². The smallest absolute Gasteiger partial charge is 0.220 e. The normalized spacial score (nSPS) is 10.5. The Labute approximate surface area is 116 Å². The van der Waals surface area contributed by atoms with Gasteiger partial charge >= 0.3 is 0 Å². The largest absolute Gasteiger partial charge is 0.264 e. The molecule has 0 spiro atoms. The molecule has 4 heteroatoms. The average Bonchev–Trinajstić information content (AvgIpc) is 2.49. The molecule has 0 saturated heterocycles. The standard InChI is InChI=1S/C16H12FN3/c1-11-14(5-3-7-19-11)15-8-13(10-20-16(15)17)12-4-2-6-18-9-12/h2-10H,1H3. The van der Waals surface area contributed by atoms with E-state index >= 15 is 0 Å². The Morgan fingerprint density at radius 3 is 2.50 bits per heavy atom. The van der Waals surface area contributed by atoms with Crippen LogP contribution in [0.15, 0.2) is 55.1 Å². The van der Waals surface area contributed by atoms with Crippen LogP contribution in [-0.2, 0) is 0 Å². The second-order valence-corrected chi connectivity index (χ2v) is 4.44. The third-order valence-corrected chi connectivity index (χ3v) is 3.13. The number of rotatable bonds is 2. The summed E-state index contributed by atoms with van der Waals surface area (Å²) in [5, 5.41) is 0. The van der Waals surface area contributed by atoms with Crippen LogP contribution in [-0.4, -0.2) is 15.0 Å². The molecule has 3 nitrogen and oxygen atoms in total. The third-order valence-electron chi connectivity index (χ3n) is 3.13. The van der Waals surface area contributed by atoms with Gasteiger partial charge in [-0.25, -0.2) is 4.98 Å². The van der Waals surface area contributed by atoms with Gasteiger partial charge in [0.1, 0.15) is 0 Å². The van der Waals surface area contributed by atoms with Crippen molar-refractivity contribution in [3.05, 3.63) is 66.8 Å². The minimum Gasteiger partial charge on any atom is -0.264 e. The first-order valence-corrected chi connectivity index (χ1v) is 6.23. The second kappa shape index (κ2) is 5.17. The Hall–Kier alpha value is -2.62. The highest BCUT2D eigenvalue weighted by molar-refractivity contribution is 5.72. The van der Waals surface area contributed by atoms with Crippen LogP contribution in [0, 0.1) is 12.9 Å². The molecule has 0 aromatic carbocycles. The number of aryl methyl sites for hydroxylation is 1. The Kier molecular flexibility index (Phi) is 3.21. The van der Waals surface area contributed by atoms with Gasteiger partial charge in [-0.15, -0.1) is 0 Å². The quantitative estimate of drug-likeness (QED) is 0.664. The molecular formula is C16H12FN3. The molecule has 0 saturated carbocycles. The van der Waals surface area contributed by atoms with Crippen molar-refractivity contribution < 1.29 is 4.39 Å². The number of aromatic nitrogens is 3. The van der Waals surface area contributed by atoms with Crippen LogP contribution in [0.4, 0.5) is 4.39 Å². The number of hydrogen-bond acceptors (Lipinski definition) is 3. The second-order valence-electron chi connectivity index (χ2n) is 4.44. The van der Waals surface area contributed by atoms with Crippen LogP contribution in [0.1, 0.15) is 5.69 Å². The van der Waals surface area contributed by atoms with Gasteiger partial charge < -0.3 is 0 Å². The van der Waals surface area contributed by atoms with Gasteiger partial charge in [0.25, 0.3) is 0 Å². The summed E-state index contributed by atoms with van der Waals surface area (Å²) in [4.78, 5) is 12.1. The summed E-state index contributed by atoms with van der Waals surface area (Å²) in [5.41, 5.74) is 3.72. The summed E-state index contributed by atoms with van der Waals surface area (Å²) in [6, 6.07) is 9.17. The van der Waals surface area contributed by atoms with Crippen LogP contribution in [0.25, 0.3) is 22.3 Å². The fourth-order valence-electron chi connectivity index (χ4n) is 2.10. The van der Waals surface area contributed by atoms with E-state index in [4.69, 9.17) is 0 Å². The van der Waals surface area contributed by atoms with Gasteiger partial charge in [-0.1, -0.05) is 12.1 Å².